The fraction of sp³-hybridized carbons (Fsp3) is 0. The van der Waals surface area contributed by atoms with Crippen LogP contribution in [0.1, 0.15) is 0 Å². The van der Waals surface area contributed by atoms with Crippen LogP contribution in [0.25, 0.3) is 49.7 Å². The van der Waals surface area contributed by atoms with Crippen molar-refractivity contribution in [3.63, 3.8) is 0 Å². The van der Waals surface area contributed by atoms with Crippen LogP contribution >= 0.6 is 0 Å². The van der Waals surface area contributed by atoms with Crippen LogP contribution in [0.15, 0.2) is 102 Å². The quantitative estimate of drug-likeness (QED) is 0.386. The molecule has 3 nitrogen and oxygen atoms in total. The second-order valence-corrected chi connectivity index (χ2v) is 7.22. The molecule has 136 valence electrons. The summed E-state index contributed by atoms with van der Waals surface area (Å²) in [5.74, 6) is 0. The molecule has 0 saturated heterocycles. The Kier molecular flexibility index (Phi) is 3.32. The van der Waals surface area contributed by atoms with Crippen LogP contribution < -0.4 is 5.43 Å². The molecular formula is C26H16N2O. The number of hydrogen-bond donors (Lipinski definition) is 0. The average molecular weight is 372 g/mol. The standard InChI is InChI=1S/C26H16N2O/c29-23-16-27-21-15-20(17-9-3-1-4-10-17)25(18-11-5-2-6-12-18)28-22-14-8-7-13-19(22)24(23)26(21)28/h1-16H. The zero-order valence-electron chi connectivity index (χ0n) is 15.5. The van der Waals surface area contributed by atoms with Crippen LogP contribution in [0.4, 0.5) is 0 Å². The van der Waals surface area contributed by atoms with Gasteiger partial charge in [0.05, 0.1) is 33.8 Å². The van der Waals surface area contributed by atoms with Crippen molar-refractivity contribution in [1.82, 2.24) is 9.38 Å². The molecular weight excluding hydrogens is 356 g/mol. The van der Waals surface area contributed by atoms with Gasteiger partial charge in [-0.15, -0.1) is 0 Å². The summed E-state index contributed by atoms with van der Waals surface area (Å²) in [5.41, 5.74) is 7.09. The summed E-state index contributed by atoms with van der Waals surface area (Å²) in [4.78, 5) is 17.3. The Bertz CT molecular complexity index is 1550. The first-order valence-electron chi connectivity index (χ1n) is 9.62. The number of fused-ring (bicyclic) bond motifs is 3. The third-order valence-corrected chi connectivity index (χ3v) is 5.58. The Labute approximate surface area is 166 Å². The summed E-state index contributed by atoms with van der Waals surface area (Å²) in [6, 6.07) is 30.9. The topological polar surface area (TPSA) is 34.4 Å². The van der Waals surface area contributed by atoms with Crippen LogP contribution in [0.2, 0.25) is 0 Å². The molecule has 0 unspecified atom stereocenters. The highest BCUT2D eigenvalue weighted by Crippen LogP contribution is 2.39. The Morgan fingerprint density at radius 3 is 2.14 bits per heavy atom. The van der Waals surface area contributed by atoms with E-state index in [1.165, 1.54) is 6.20 Å². The molecule has 3 aromatic carbocycles. The highest BCUT2D eigenvalue weighted by atomic mass is 16.1. The minimum Gasteiger partial charge on any atom is -0.306 e. The van der Waals surface area contributed by atoms with Gasteiger partial charge in [0.1, 0.15) is 0 Å². The minimum absolute atomic E-state index is 0.0392. The van der Waals surface area contributed by atoms with Crippen LogP contribution in [0, 0.1) is 0 Å². The molecule has 3 aromatic heterocycles. The molecule has 0 N–H and O–H groups in total. The maximum absolute atomic E-state index is 12.8. The van der Waals surface area contributed by atoms with Crippen molar-refractivity contribution in [3.05, 3.63) is 107 Å². The number of benzene rings is 3. The van der Waals surface area contributed by atoms with Crippen molar-refractivity contribution >= 4 is 27.3 Å². The van der Waals surface area contributed by atoms with Gasteiger partial charge >= 0.3 is 0 Å². The monoisotopic (exact) mass is 372 g/mol. The van der Waals surface area contributed by atoms with Gasteiger partial charge in [-0.1, -0.05) is 78.9 Å². The van der Waals surface area contributed by atoms with Crippen molar-refractivity contribution in [2.45, 2.75) is 0 Å². The molecule has 0 aliphatic heterocycles. The van der Waals surface area contributed by atoms with E-state index in [0.717, 1.165) is 49.7 Å². The Balaban J connectivity index is 1.94. The van der Waals surface area contributed by atoms with E-state index in [0.29, 0.717) is 0 Å². The Morgan fingerprint density at radius 1 is 0.724 bits per heavy atom. The van der Waals surface area contributed by atoms with E-state index >= 15 is 0 Å². The lowest BCUT2D eigenvalue weighted by Crippen LogP contribution is -2.03. The second kappa shape index (κ2) is 6.01. The van der Waals surface area contributed by atoms with Crippen molar-refractivity contribution < 1.29 is 0 Å². The molecule has 0 atom stereocenters. The highest BCUT2D eigenvalue weighted by molar-refractivity contribution is 6.15. The van der Waals surface area contributed by atoms with E-state index in [1.807, 2.05) is 54.6 Å². The fourth-order valence-electron chi connectivity index (χ4n) is 4.37. The molecule has 3 heterocycles. The number of pyridine rings is 2. The third-order valence-electron chi connectivity index (χ3n) is 5.58. The summed E-state index contributed by atoms with van der Waals surface area (Å²) in [6.07, 6.45) is 1.45. The van der Waals surface area contributed by atoms with Gasteiger partial charge in [-0.25, -0.2) is 0 Å². The van der Waals surface area contributed by atoms with E-state index in [1.54, 1.807) is 0 Å². The molecule has 0 radical (unpaired) electrons. The lowest BCUT2D eigenvalue weighted by atomic mass is 9.98. The van der Waals surface area contributed by atoms with E-state index in [4.69, 9.17) is 0 Å². The van der Waals surface area contributed by atoms with Crippen molar-refractivity contribution in [3.8, 4) is 22.4 Å². The molecule has 6 rings (SSSR count). The maximum Gasteiger partial charge on any atom is 0.206 e. The van der Waals surface area contributed by atoms with Crippen LogP contribution in [0.3, 0.4) is 0 Å². The number of para-hydroxylation sites is 1. The largest absolute Gasteiger partial charge is 0.306 e. The smallest absolute Gasteiger partial charge is 0.206 e. The molecule has 0 saturated carbocycles. The van der Waals surface area contributed by atoms with Gasteiger partial charge in [0.2, 0.25) is 5.43 Å². The Morgan fingerprint density at radius 2 is 1.38 bits per heavy atom. The summed E-state index contributed by atoms with van der Waals surface area (Å²) in [5, 5.41) is 1.70. The van der Waals surface area contributed by atoms with Gasteiger partial charge in [0, 0.05) is 10.9 Å². The molecule has 29 heavy (non-hydrogen) atoms. The van der Waals surface area contributed by atoms with Crippen molar-refractivity contribution in [2.75, 3.05) is 0 Å². The predicted octanol–water partition coefficient (Wildman–Crippen LogP) is 5.77. The van der Waals surface area contributed by atoms with Crippen LogP contribution in [-0.2, 0) is 0 Å². The molecule has 0 aliphatic carbocycles. The van der Waals surface area contributed by atoms with Gasteiger partial charge in [-0.2, -0.15) is 0 Å². The summed E-state index contributed by atoms with van der Waals surface area (Å²) < 4.78 is 2.21. The lowest BCUT2D eigenvalue weighted by molar-refractivity contribution is 1.25. The third kappa shape index (κ3) is 2.25. The normalized spacial score (nSPS) is 11.6. The van der Waals surface area contributed by atoms with Gasteiger partial charge < -0.3 is 4.40 Å². The van der Waals surface area contributed by atoms with Crippen molar-refractivity contribution in [1.29, 1.82) is 0 Å². The highest BCUT2D eigenvalue weighted by Gasteiger charge is 2.21. The van der Waals surface area contributed by atoms with E-state index in [-0.39, 0.29) is 5.43 Å². The fourth-order valence-corrected chi connectivity index (χ4v) is 4.37. The van der Waals surface area contributed by atoms with Crippen LogP contribution in [-0.4, -0.2) is 9.38 Å². The summed E-state index contributed by atoms with van der Waals surface area (Å²) in [6.45, 7) is 0. The van der Waals surface area contributed by atoms with E-state index in [2.05, 4.69) is 45.8 Å². The zero-order valence-corrected chi connectivity index (χ0v) is 15.5. The molecule has 0 amide bonds. The number of hydrogen-bond acceptors (Lipinski definition) is 2. The first-order chi connectivity index (χ1) is 14.3. The molecule has 3 heteroatoms. The van der Waals surface area contributed by atoms with Crippen LogP contribution in [0.5, 0.6) is 0 Å². The second-order valence-electron chi connectivity index (χ2n) is 7.22. The van der Waals surface area contributed by atoms with Gasteiger partial charge in [0.15, 0.2) is 0 Å². The zero-order chi connectivity index (χ0) is 19.4. The minimum atomic E-state index is -0.0392. The SMILES string of the molecule is O=c1cnc2cc(-c3ccccc3)c(-c3ccccc3)n3c4ccccc4c1c23. The molecule has 0 bridgehead atoms. The average Bonchev–Trinajstić information content (AvgIpc) is 3.14. The first-order valence-corrected chi connectivity index (χ1v) is 9.62. The number of aromatic nitrogens is 2. The van der Waals surface area contributed by atoms with E-state index < -0.39 is 0 Å². The molecule has 6 aromatic rings. The summed E-state index contributed by atoms with van der Waals surface area (Å²) in [7, 11) is 0. The molecule has 0 spiro atoms. The predicted molar refractivity (Wildman–Crippen MR) is 119 cm³/mol. The first kappa shape index (κ1) is 16.0. The maximum atomic E-state index is 12.8. The van der Waals surface area contributed by atoms with E-state index in [9.17, 15) is 4.79 Å². The van der Waals surface area contributed by atoms with Gasteiger partial charge in [-0.05, 0) is 23.3 Å². The Hall–Kier alpha value is -3.98. The molecule has 0 fully saturated rings. The van der Waals surface area contributed by atoms with Gasteiger partial charge in [0.25, 0.3) is 0 Å². The van der Waals surface area contributed by atoms with Crippen molar-refractivity contribution in [2.24, 2.45) is 0 Å². The van der Waals surface area contributed by atoms with Gasteiger partial charge in [-0.3, -0.25) is 9.78 Å². The number of nitrogens with zero attached hydrogens (tertiary/aromatic N) is 2. The number of rotatable bonds is 2. The summed E-state index contributed by atoms with van der Waals surface area (Å²) >= 11 is 0. The molecule has 0 aliphatic rings. The lowest BCUT2D eigenvalue weighted by Gasteiger charge is -2.16.